The summed E-state index contributed by atoms with van der Waals surface area (Å²) in [6, 6.07) is 1.95. The predicted molar refractivity (Wildman–Crippen MR) is 78.5 cm³/mol. The molecule has 0 saturated carbocycles. The molecule has 0 aliphatic carbocycles. The van der Waals surface area contributed by atoms with E-state index in [0.29, 0.717) is 13.1 Å². The molecule has 1 aliphatic rings. The van der Waals surface area contributed by atoms with E-state index in [1.165, 1.54) is 17.0 Å². The highest BCUT2D eigenvalue weighted by atomic mass is 19.4. The largest absolute Gasteiger partial charge is 0.468 e. The zero-order valence-electron chi connectivity index (χ0n) is 13.3. The SMILES string of the molecule is CC(C)C1C(=O)NCCN1C(=O)c1ccc(OCC(F)(F)F)nc1. The Morgan fingerprint density at radius 3 is 2.71 bits per heavy atom. The number of alkyl halides is 3. The molecule has 1 N–H and O–H groups in total. The number of halogens is 3. The third kappa shape index (κ3) is 4.36. The minimum atomic E-state index is -4.46. The summed E-state index contributed by atoms with van der Waals surface area (Å²) in [4.78, 5) is 29.7. The zero-order chi connectivity index (χ0) is 17.9. The summed E-state index contributed by atoms with van der Waals surface area (Å²) in [6.45, 7) is 2.94. The Bertz CT molecular complexity index is 602. The van der Waals surface area contributed by atoms with Crippen molar-refractivity contribution in [2.75, 3.05) is 19.7 Å². The van der Waals surface area contributed by atoms with E-state index in [9.17, 15) is 22.8 Å². The first kappa shape index (κ1) is 18.0. The Morgan fingerprint density at radius 2 is 2.17 bits per heavy atom. The quantitative estimate of drug-likeness (QED) is 0.900. The maximum Gasteiger partial charge on any atom is 0.422 e. The minimum Gasteiger partial charge on any atom is -0.468 e. The summed E-state index contributed by atoms with van der Waals surface area (Å²) >= 11 is 0. The van der Waals surface area contributed by atoms with Gasteiger partial charge < -0.3 is 15.0 Å². The van der Waals surface area contributed by atoms with Gasteiger partial charge in [0.15, 0.2) is 6.61 Å². The molecular formula is C15H18F3N3O3. The Balaban J connectivity index is 2.10. The van der Waals surface area contributed by atoms with Gasteiger partial charge in [0.1, 0.15) is 6.04 Å². The summed E-state index contributed by atoms with van der Waals surface area (Å²) in [5.74, 6) is -0.904. The summed E-state index contributed by atoms with van der Waals surface area (Å²) < 4.78 is 40.8. The molecule has 1 saturated heterocycles. The van der Waals surface area contributed by atoms with Crippen LogP contribution in [-0.2, 0) is 4.79 Å². The second-order valence-corrected chi connectivity index (χ2v) is 5.77. The van der Waals surface area contributed by atoms with Crippen LogP contribution in [0.15, 0.2) is 18.3 Å². The summed E-state index contributed by atoms with van der Waals surface area (Å²) in [6.07, 6.45) is -3.31. The summed E-state index contributed by atoms with van der Waals surface area (Å²) in [5, 5.41) is 2.71. The zero-order valence-corrected chi connectivity index (χ0v) is 13.3. The fourth-order valence-corrected chi connectivity index (χ4v) is 2.49. The smallest absolute Gasteiger partial charge is 0.422 e. The van der Waals surface area contributed by atoms with Gasteiger partial charge in [0.25, 0.3) is 5.91 Å². The van der Waals surface area contributed by atoms with Crippen molar-refractivity contribution >= 4 is 11.8 Å². The van der Waals surface area contributed by atoms with Crippen molar-refractivity contribution in [2.24, 2.45) is 5.92 Å². The molecule has 1 fully saturated rings. The molecule has 0 radical (unpaired) electrons. The van der Waals surface area contributed by atoms with Crippen molar-refractivity contribution in [2.45, 2.75) is 26.1 Å². The Hall–Kier alpha value is -2.32. The van der Waals surface area contributed by atoms with E-state index in [2.05, 4.69) is 15.0 Å². The second-order valence-electron chi connectivity index (χ2n) is 5.77. The van der Waals surface area contributed by atoms with E-state index >= 15 is 0 Å². The van der Waals surface area contributed by atoms with Gasteiger partial charge in [-0.15, -0.1) is 0 Å². The summed E-state index contributed by atoms with van der Waals surface area (Å²) in [5.41, 5.74) is 0.190. The van der Waals surface area contributed by atoms with Gasteiger partial charge >= 0.3 is 6.18 Å². The molecule has 6 nitrogen and oxygen atoms in total. The second kappa shape index (κ2) is 7.06. The number of hydrogen-bond acceptors (Lipinski definition) is 4. The Kier molecular flexibility index (Phi) is 5.30. The maximum atomic E-state index is 12.6. The molecule has 1 aromatic heterocycles. The van der Waals surface area contributed by atoms with Gasteiger partial charge in [-0.3, -0.25) is 9.59 Å². The molecule has 0 spiro atoms. The van der Waals surface area contributed by atoms with Crippen LogP contribution < -0.4 is 10.1 Å². The number of aromatic nitrogens is 1. The molecule has 2 amide bonds. The van der Waals surface area contributed by atoms with E-state index in [0.717, 1.165) is 6.20 Å². The fraction of sp³-hybridized carbons (Fsp3) is 0.533. The average Bonchev–Trinajstić information content (AvgIpc) is 2.51. The molecule has 2 heterocycles. The van der Waals surface area contributed by atoms with Crippen molar-refractivity contribution in [1.29, 1.82) is 0 Å². The van der Waals surface area contributed by atoms with Gasteiger partial charge in [0, 0.05) is 25.4 Å². The average molecular weight is 345 g/mol. The van der Waals surface area contributed by atoms with Crippen LogP contribution in [-0.4, -0.2) is 53.6 Å². The van der Waals surface area contributed by atoms with Crippen molar-refractivity contribution < 1.29 is 27.5 Å². The molecule has 1 unspecified atom stereocenters. The van der Waals surface area contributed by atoms with Gasteiger partial charge in [0.2, 0.25) is 11.8 Å². The van der Waals surface area contributed by atoms with Gasteiger partial charge in [-0.25, -0.2) is 4.98 Å². The molecule has 2 rings (SSSR count). The number of rotatable bonds is 4. The van der Waals surface area contributed by atoms with Crippen LogP contribution in [0.2, 0.25) is 0 Å². The van der Waals surface area contributed by atoms with E-state index in [4.69, 9.17) is 0 Å². The first-order valence-corrected chi connectivity index (χ1v) is 7.43. The molecule has 0 aromatic carbocycles. The van der Waals surface area contributed by atoms with Crippen LogP contribution in [0.3, 0.4) is 0 Å². The Labute approximate surface area is 137 Å². The predicted octanol–water partition coefficient (Wildman–Crippen LogP) is 1.62. The van der Waals surface area contributed by atoms with Crippen LogP contribution in [0.4, 0.5) is 13.2 Å². The molecule has 132 valence electrons. The lowest BCUT2D eigenvalue weighted by Crippen LogP contribution is -2.59. The van der Waals surface area contributed by atoms with Gasteiger partial charge in [-0.05, 0) is 12.0 Å². The number of pyridine rings is 1. The Morgan fingerprint density at radius 1 is 1.46 bits per heavy atom. The lowest BCUT2D eigenvalue weighted by molar-refractivity contribution is -0.154. The number of nitrogens with zero attached hydrogens (tertiary/aromatic N) is 2. The van der Waals surface area contributed by atoms with Gasteiger partial charge in [-0.2, -0.15) is 13.2 Å². The van der Waals surface area contributed by atoms with Crippen molar-refractivity contribution in [3.8, 4) is 5.88 Å². The highest BCUT2D eigenvalue weighted by Gasteiger charge is 2.35. The fourth-order valence-electron chi connectivity index (χ4n) is 2.49. The normalized spacial score (nSPS) is 18.5. The van der Waals surface area contributed by atoms with Crippen molar-refractivity contribution in [1.82, 2.24) is 15.2 Å². The van der Waals surface area contributed by atoms with Crippen LogP contribution in [0.1, 0.15) is 24.2 Å². The van der Waals surface area contributed by atoms with Crippen LogP contribution in [0, 0.1) is 5.92 Å². The minimum absolute atomic E-state index is 0.0726. The molecule has 24 heavy (non-hydrogen) atoms. The van der Waals surface area contributed by atoms with E-state index in [1.807, 2.05) is 13.8 Å². The number of hydrogen-bond donors (Lipinski definition) is 1. The number of ether oxygens (including phenoxy) is 1. The van der Waals surface area contributed by atoms with Gasteiger partial charge in [-0.1, -0.05) is 13.8 Å². The molecule has 1 atom stereocenters. The highest BCUT2D eigenvalue weighted by Crippen LogP contribution is 2.20. The molecule has 0 bridgehead atoms. The van der Waals surface area contributed by atoms with Crippen molar-refractivity contribution in [3.63, 3.8) is 0 Å². The third-order valence-corrected chi connectivity index (χ3v) is 3.52. The lowest BCUT2D eigenvalue weighted by atomic mass is 9.99. The molecule has 1 aliphatic heterocycles. The number of carbonyl (C=O) groups is 2. The maximum absolute atomic E-state index is 12.6. The van der Waals surface area contributed by atoms with Gasteiger partial charge in [0.05, 0.1) is 5.56 Å². The van der Waals surface area contributed by atoms with Crippen LogP contribution in [0.25, 0.3) is 0 Å². The van der Waals surface area contributed by atoms with Crippen LogP contribution >= 0.6 is 0 Å². The summed E-state index contributed by atoms with van der Waals surface area (Å²) in [7, 11) is 0. The number of amides is 2. The van der Waals surface area contributed by atoms with Crippen LogP contribution in [0.5, 0.6) is 5.88 Å². The molecular weight excluding hydrogens is 327 g/mol. The topological polar surface area (TPSA) is 71.5 Å². The number of carbonyl (C=O) groups excluding carboxylic acids is 2. The lowest BCUT2D eigenvalue weighted by Gasteiger charge is -2.37. The molecule has 9 heteroatoms. The standard InChI is InChI=1S/C15H18F3N3O3/c1-9(2)12-13(22)19-5-6-21(12)14(23)10-3-4-11(20-7-10)24-8-15(16,17)18/h3-4,7,9,12H,5-6,8H2,1-2H3,(H,19,22). The van der Waals surface area contributed by atoms with E-state index in [1.54, 1.807) is 0 Å². The van der Waals surface area contributed by atoms with E-state index < -0.39 is 24.7 Å². The first-order valence-electron chi connectivity index (χ1n) is 7.43. The first-order chi connectivity index (χ1) is 11.2. The monoisotopic (exact) mass is 345 g/mol. The number of nitrogens with one attached hydrogen (secondary N) is 1. The van der Waals surface area contributed by atoms with Crippen molar-refractivity contribution in [3.05, 3.63) is 23.9 Å². The molecule has 1 aromatic rings. The number of piperazine rings is 1. The highest BCUT2D eigenvalue weighted by molar-refractivity contribution is 5.98. The third-order valence-electron chi connectivity index (χ3n) is 3.52. The van der Waals surface area contributed by atoms with E-state index in [-0.39, 0.29) is 23.3 Å².